The van der Waals surface area contributed by atoms with Crippen molar-refractivity contribution in [2.24, 2.45) is 11.8 Å². The quantitative estimate of drug-likeness (QED) is 0.533. The standard InChI is InChI=1S/C23H31N2O2.BrH/c1-4-11-25-12-9-17(16(5-2)15-25)13-22(25)23(26)19-8-10-24-21-7-6-18(27-3)14-20(19)21;/h5-8,10,14,16-17,22-23,26H,2,4,9,11-13,15H2,1,3H3;1H/q+1;/p-1/t16?,17?,22-,23+,25?;/m1./s1. The van der Waals surface area contributed by atoms with Gasteiger partial charge in [0.25, 0.3) is 0 Å². The van der Waals surface area contributed by atoms with Crippen molar-refractivity contribution in [2.45, 2.75) is 38.3 Å². The summed E-state index contributed by atoms with van der Waals surface area (Å²) in [5, 5.41) is 12.6. The molecule has 0 spiro atoms. The van der Waals surface area contributed by atoms with E-state index in [1.807, 2.05) is 30.5 Å². The number of fused-ring (bicyclic) bond motifs is 4. The highest BCUT2D eigenvalue weighted by Crippen LogP contribution is 2.47. The first-order valence-corrected chi connectivity index (χ1v) is 10.2. The molecule has 0 saturated carbocycles. The van der Waals surface area contributed by atoms with Crippen LogP contribution in [0.4, 0.5) is 0 Å². The van der Waals surface area contributed by atoms with Crippen molar-refractivity contribution in [3.63, 3.8) is 0 Å². The second-order valence-electron chi connectivity index (χ2n) is 8.33. The number of aromatic nitrogens is 1. The molecule has 5 atom stereocenters. The summed E-state index contributed by atoms with van der Waals surface area (Å²) in [7, 11) is 1.68. The lowest BCUT2D eigenvalue weighted by atomic mass is 9.71. The molecule has 4 heterocycles. The molecule has 3 unspecified atom stereocenters. The summed E-state index contributed by atoms with van der Waals surface area (Å²) in [5.74, 6) is 2.04. The predicted octanol–water partition coefficient (Wildman–Crippen LogP) is 1.10. The van der Waals surface area contributed by atoms with Crippen molar-refractivity contribution < 1.29 is 31.3 Å². The Morgan fingerprint density at radius 2 is 2.21 bits per heavy atom. The van der Waals surface area contributed by atoms with E-state index >= 15 is 0 Å². The summed E-state index contributed by atoms with van der Waals surface area (Å²) in [6, 6.07) is 8.15. The van der Waals surface area contributed by atoms with Gasteiger partial charge in [-0.15, -0.1) is 6.58 Å². The molecular formula is C23H31BrN2O2. The zero-order chi connectivity index (χ0) is 19.0. The molecule has 5 rings (SSSR count). The molecule has 1 aromatic heterocycles. The van der Waals surface area contributed by atoms with Gasteiger partial charge in [0.2, 0.25) is 0 Å². The summed E-state index contributed by atoms with van der Waals surface area (Å²) < 4.78 is 6.44. The van der Waals surface area contributed by atoms with E-state index in [9.17, 15) is 5.11 Å². The maximum Gasteiger partial charge on any atom is 0.131 e. The molecule has 2 aromatic rings. The van der Waals surface area contributed by atoms with E-state index in [1.165, 1.54) is 13.0 Å². The normalized spacial score (nSPS) is 29.9. The van der Waals surface area contributed by atoms with Crippen LogP contribution in [0, 0.1) is 11.8 Å². The molecule has 1 N–H and O–H groups in total. The molecule has 0 radical (unpaired) electrons. The third-order valence-electron chi connectivity index (χ3n) is 7.01. The Bertz CT molecular complexity index is 838. The van der Waals surface area contributed by atoms with Crippen LogP contribution < -0.4 is 21.7 Å². The molecule has 28 heavy (non-hydrogen) atoms. The van der Waals surface area contributed by atoms with E-state index in [0.717, 1.165) is 52.6 Å². The van der Waals surface area contributed by atoms with Gasteiger partial charge in [-0.1, -0.05) is 13.0 Å². The van der Waals surface area contributed by atoms with Crippen LogP contribution in [0.25, 0.3) is 10.9 Å². The smallest absolute Gasteiger partial charge is 0.131 e. The highest BCUT2D eigenvalue weighted by Gasteiger charge is 2.53. The highest BCUT2D eigenvalue weighted by atomic mass is 79.9. The Kier molecular flexibility index (Phi) is 6.47. The number of quaternary nitrogens is 1. The number of aliphatic hydroxyl groups excluding tert-OH is 1. The second kappa shape index (κ2) is 8.52. The Morgan fingerprint density at radius 1 is 1.39 bits per heavy atom. The van der Waals surface area contributed by atoms with Crippen molar-refractivity contribution in [3.8, 4) is 5.75 Å². The Labute approximate surface area is 178 Å². The SMILES string of the molecule is C=CC1C[N+]2(CCC)CCC1C[C@@H]2[C@@H](O)c1ccnc2ccc(OC)cc12.[Br-]. The van der Waals surface area contributed by atoms with Gasteiger partial charge in [-0.3, -0.25) is 4.98 Å². The largest absolute Gasteiger partial charge is 1.00 e. The van der Waals surface area contributed by atoms with Crippen LogP contribution in [-0.4, -0.2) is 47.4 Å². The van der Waals surface area contributed by atoms with Crippen molar-refractivity contribution in [1.82, 2.24) is 4.98 Å². The maximum atomic E-state index is 11.6. The lowest BCUT2D eigenvalue weighted by Crippen LogP contribution is -3.00. The number of ether oxygens (including phenoxy) is 1. The van der Waals surface area contributed by atoms with E-state index in [0.29, 0.717) is 11.8 Å². The van der Waals surface area contributed by atoms with Crippen molar-refractivity contribution >= 4 is 10.9 Å². The van der Waals surface area contributed by atoms with Crippen LogP contribution in [0.1, 0.15) is 37.9 Å². The fourth-order valence-electron chi connectivity index (χ4n) is 5.67. The summed E-state index contributed by atoms with van der Waals surface area (Å²) in [5.41, 5.74) is 1.90. The van der Waals surface area contributed by atoms with Crippen LogP contribution in [0.15, 0.2) is 43.1 Å². The average molecular weight is 447 g/mol. The van der Waals surface area contributed by atoms with Crippen LogP contribution in [-0.2, 0) is 0 Å². The molecule has 0 amide bonds. The minimum Gasteiger partial charge on any atom is -1.00 e. The van der Waals surface area contributed by atoms with Crippen LogP contribution in [0.3, 0.4) is 0 Å². The number of methoxy groups -OCH3 is 1. The monoisotopic (exact) mass is 446 g/mol. The summed E-state index contributed by atoms with van der Waals surface area (Å²) in [6.45, 7) is 9.77. The number of pyridine rings is 1. The summed E-state index contributed by atoms with van der Waals surface area (Å²) in [4.78, 5) is 4.49. The molecule has 3 fully saturated rings. The molecule has 4 nitrogen and oxygen atoms in total. The van der Waals surface area contributed by atoms with Gasteiger partial charge < -0.3 is 31.3 Å². The van der Waals surface area contributed by atoms with Gasteiger partial charge in [0.1, 0.15) is 17.9 Å². The van der Waals surface area contributed by atoms with Gasteiger partial charge >= 0.3 is 0 Å². The molecule has 3 aliphatic rings. The van der Waals surface area contributed by atoms with Crippen molar-refractivity contribution in [1.29, 1.82) is 0 Å². The van der Waals surface area contributed by atoms with Crippen LogP contribution in [0.2, 0.25) is 0 Å². The van der Waals surface area contributed by atoms with E-state index < -0.39 is 6.10 Å². The molecule has 5 heteroatoms. The number of halogens is 1. The Hall–Kier alpha value is -1.43. The topological polar surface area (TPSA) is 42.4 Å². The molecule has 2 bridgehead atoms. The molecule has 0 aliphatic carbocycles. The first-order valence-electron chi connectivity index (χ1n) is 10.2. The maximum absolute atomic E-state index is 11.6. The van der Waals surface area contributed by atoms with E-state index in [1.54, 1.807) is 7.11 Å². The predicted molar refractivity (Wildman–Crippen MR) is 109 cm³/mol. The highest BCUT2D eigenvalue weighted by molar-refractivity contribution is 5.83. The van der Waals surface area contributed by atoms with E-state index in [4.69, 9.17) is 4.74 Å². The third kappa shape index (κ3) is 3.49. The number of rotatable bonds is 6. The van der Waals surface area contributed by atoms with Crippen molar-refractivity contribution in [2.75, 3.05) is 26.7 Å². The van der Waals surface area contributed by atoms with Gasteiger partial charge in [0.05, 0.1) is 32.3 Å². The third-order valence-corrected chi connectivity index (χ3v) is 7.01. The molecule has 3 saturated heterocycles. The number of hydrogen-bond acceptors (Lipinski definition) is 3. The zero-order valence-electron chi connectivity index (χ0n) is 16.9. The average Bonchev–Trinajstić information content (AvgIpc) is 2.72. The number of aliphatic hydroxyl groups is 1. The lowest BCUT2D eigenvalue weighted by molar-refractivity contribution is -0.973. The molecule has 1 aromatic carbocycles. The van der Waals surface area contributed by atoms with E-state index in [2.05, 4.69) is 24.6 Å². The van der Waals surface area contributed by atoms with Gasteiger partial charge in [0.15, 0.2) is 0 Å². The molecule has 3 aliphatic heterocycles. The van der Waals surface area contributed by atoms with Crippen LogP contribution >= 0.6 is 0 Å². The number of benzene rings is 1. The Morgan fingerprint density at radius 3 is 2.93 bits per heavy atom. The van der Waals surface area contributed by atoms with Crippen molar-refractivity contribution in [3.05, 3.63) is 48.7 Å². The second-order valence-corrected chi connectivity index (χ2v) is 8.33. The molecular weight excluding hydrogens is 416 g/mol. The lowest BCUT2D eigenvalue weighted by Gasteiger charge is -2.58. The number of hydrogen-bond donors (Lipinski definition) is 1. The zero-order valence-corrected chi connectivity index (χ0v) is 18.4. The number of nitrogens with zero attached hydrogens (tertiary/aromatic N) is 2. The summed E-state index contributed by atoms with van der Waals surface area (Å²) >= 11 is 0. The van der Waals surface area contributed by atoms with Gasteiger partial charge in [-0.05, 0) is 42.2 Å². The fourth-order valence-corrected chi connectivity index (χ4v) is 5.67. The first-order chi connectivity index (χ1) is 13.1. The Balaban J connectivity index is 0.00000225. The first kappa shape index (κ1) is 21.3. The minimum atomic E-state index is -0.484. The number of piperidine rings is 3. The van der Waals surface area contributed by atoms with Gasteiger partial charge in [-0.25, -0.2) is 0 Å². The summed E-state index contributed by atoms with van der Waals surface area (Å²) in [6.07, 6.45) is 6.96. The van der Waals surface area contributed by atoms with E-state index in [-0.39, 0.29) is 23.0 Å². The minimum absolute atomic E-state index is 0. The molecule has 152 valence electrons. The fraction of sp³-hybridized carbons (Fsp3) is 0.522. The van der Waals surface area contributed by atoms with Gasteiger partial charge in [0, 0.05) is 30.3 Å². The van der Waals surface area contributed by atoms with Crippen LogP contribution in [0.5, 0.6) is 5.75 Å². The van der Waals surface area contributed by atoms with Gasteiger partial charge in [-0.2, -0.15) is 0 Å².